The van der Waals surface area contributed by atoms with E-state index in [0.717, 1.165) is 0 Å². The van der Waals surface area contributed by atoms with Gasteiger partial charge < -0.3 is 14.9 Å². The molecule has 0 bridgehead atoms. The Labute approximate surface area is 99.4 Å². The van der Waals surface area contributed by atoms with E-state index in [-0.39, 0.29) is 12.4 Å². The molecule has 0 spiro atoms. The van der Waals surface area contributed by atoms with Crippen molar-refractivity contribution in [3.05, 3.63) is 29.8 Å². The van der Waals surface area contributed by atoms with Crippen LogP contribution in [0, 0.1) is 0 Å². The summed E-state index contributed by atoms with van der Waals surface area (Å²) in [5.74, 6) is -0.515. The van der Waals surface area contributed by atoms with E-state index in [0.29, 0.717) is 5.56 Å². The van der Waals surface area contributed by atoms with Crippen molar-refractivity contribution >= 4 is 12.2 Å². The Morgan fingerprint density at radius 1 is 1.53 bits per heavy atom. The summed E-state index contributed by atoms with van der Waals surface area (Å²) < 4.78 is 4.74. The van der Waals surface area contributed by atoms with Crippen LogP contribution >= 0.6 is 0 Å². The molecule has 1 atom stereocenters. The first kappa shape index (κ1) is 13.2. The molecule has 0 saturated carbocycles. The Hall–Kier alpha value is -1.88. The van der Waals surface area contributed by atoms with Crippen molar-refractivity contribution in [2.45, 2.75) is 13.0 Å². The summed E-state index contributed by atoms with van der Waals surface area (Å²) in [5, 5.41) is 18.5. The molecule has 1 unspecified atom stereocenters. The van der Waals surface area contributed by atoms with E-state index in [4.69, 9.17) is 9.84 Å². The highest BCUT2D eigenvalue weighted by molar-refractivity contribution is 5.86. The zero-order valence-electron chi connectivity index (χ0n) is 9.54. The van der Waals surface area contributed by atoms with Gasteiger partial charge >= 0.3 is 5.97 Å². The normalized spacial score (nSPS) is 12.6. The van der Waals surface area contributed by atoms with Crippen molar-refractivity contribution in [1.82, 2.24) is 0 Å². The lowest BCUT2D eigenvalue weighted by atomic mass is 10.2. The number of hydrogen-bond donors (Lipinski definition) is 2. The predicted molar refractivity (Wildman–Crippen MR) is 63.2 cm³/mol. The van der Waals surface area contributed by atoms with Gasteiger partial charge in [0, 0.05) is 11.8 Å². The van der Waals surface area contributed by atoms with Crippen LogP contribution in [0.25, 0.3) is 0 Å². The van der Waals surface area contributed by atoms with Crippen LogP contribution < -0.4 is 0 Å². The number of rotatable bonds is 5. The maximum absolute atomic E-state index is 11.3. The molecule has 0 aliphatic heterocycles. The number of aliphatic hydroxyl groups is 1. The molecular weight excluding hydrogens is 222 g/mol. The summed E-state index contributed by atoms with van der Waals surface area (Å²) in [6.07, 6.45) is 1.34. The first-order valence-electron chi connectivity index (χ1n) is 5.27. The second kappa shape index (κ2) is 6.65. The third-order valence-electron chi connectivity index (χ3n) is 2.06. The van der Waals surface area contributed by atoms with Gasteiger partial charge in [-0.1, -0.05) is 12.1 Å². The number of aliphatic imine (C=N–C) groups is 1. The standard InChI is InChI=1S/C12H15NO4/c1-2-17-12(16)10(8-14)13-7-9-5-3-4-6-11(9)15/h3-7,10,14-15H,2,8H2,1H3. The van der Waals surface area contributed by atoms with E-state index >= 15 is 0 Å². The summed E-state index contributed by atoms with van der Waals surface area (Å²) in [7, 11) is 0. The molecule has 5 heteroatoms. The van der Waals surface area contributed by atoms with Crippen molar-refractivity contribution in [3.8, 4) is 5.75 Å². The number of benzene rings is 1. The second-order valence-electron chi connectivity index (χ2n) is 3.29. The highest BCUT2D eigenvalue weighted by Gasteiger charge is 2.16. The lowest BCUT2D eigenvalue weighted by molar-refractivity contribution is -0.145. The molecule has 5 nitrogen and oxygen atoms in total. The number of phenolic OH excluding ortho intramolecular Hbond substituents is 1. The van der Waals surface area contributed by atoms with Gasteiger partial charge in [-0.15, -0.1) is 0 Å². The molecule has 0 heterocycles. The highest BCUT2D eigenvalue weighted by Crippen LogP contribution is 2.13. The number of nitrogens with zero attached hydrogens (tertiary/aromatic N) is 1. The lowest BCUT2D eigenvalue weighted by Gasteiger charge is -2.07. The van der Waals surface area contributed by atoms with Gasteiger partial charge in [0.2, 0.25) is 0 Å². The Morgan fingerprint density at radius 3 is 2.82 bits per heavy atom. The van der Waals surface area contributed by atoms with Crippen LogP contribution in [-0.4, -0.2) is 41.7 Å². The summed E-state index contributed by atoms with van der Waals surface area (Å²) in [4.78, 5) is 15.2. The Balaban J connectivity index is 2.74. The Morgan fingerprint density at radius 2 is 2.24 bits per heavy atom. The van der Waals surface area contributed by atoms with Crippen LogP contribution in [0.15, 0.2) is 29.3 Å². The molecule has 0 radical (unpaired) electrons. The van der Waals surface area contributed by atoms with Gasteiger partial charge in [0.1, 0.15) is 5.75 Å². The van der Waals surface area contributed by atoms with Crippen molar-refractivity contribution < 1.29 is 19.7 Å². The fourth-order valence-corrected chi connectivity index (χ4v) is 1.19. The van der Waals surface area contributed by atoms with Gasteiger partial charge in [-0.2, -0.15) is 0 Å². The number of carbonyl (C=O) groups is 1. The lowest BCUT2D eigenvalue weighted by Crippen LogP contribution is -2.25. The maximum atomic E-state index is 11.3. The van der Waals surface area contributed by atoms with Gasteiger partial charge in [-0.3, -0.25) is 4.99 Å². The van der Waals surface area contributed by atoms with E-state index in [1.807, 2.05) is 0 Å². The van der Waals surface area contributed by atoms with Crippen molar-refractivity contribution in [2.75, 3.05) is 13.2 Å². The number of carbonyl (C=O) groups excluding carboxylic acids is 1. The third kappa shape index (κ3) is 3.88. The zero-order valence-corrected chi connectivity index (χ0v) is 9.54. The predicted octanol–water partition coefficient (Wildman–Crippen LogP) is 0.735. The minimum absolute atomic E-state index is 0.0665. The van der Waals surface area contributed by atoms with Crippen LogP contribution in [0.2, 0.25) is 0 Å². The Kier molecular flexibility index (Phi) is 5.16. The number of aliphatic hydroxyl groups excluding tert-OH is 1. The zero-order chi connectivity index (χ0) is 12.7. The van der Waals surface area contributed by atoms with Crippen molar-refractivity contribution in [3.63, 3.8) is 0 Å². The monoisotopic (exact) mass is 237 g/mol. The summed E-state index contributed by atoms with van der Waals surface area (Å²) in [6.45, 7) is 1.49. The molecule has 0 aliphatic rings. The summed E-state index contributed by atoms with van der Waals surface area (Å²) in [6, 6.07) is 5.63. The van der Waals surface area contributed by atoms with Crippen molar-refractivity contribution in [1.29, 1.82) is 0 Å². The molecule has 1 rings (SSSR count). The molecular formula is C12H15NO4. The molecule has 17 heavy (non-hydrogen) atoms. The fraction of sp³-hybridized carbons (Fsp3) is 0.333. The molecule has 0 fully saturated rings. The quantitative estimate of drug-likeness (QED) is 0.584. The average Bonchev–Trinajstić information content (AvgIpc) is 2.32. The molecule has 92 valence electrons. The van der Waals surface area contributed by atoms with Gasteiger partial charge in [-0.25, -0.2) is 4.79 Å². The molecule has 1 aromatic rings. The second-order valence-corrected chi connectivity index (χ2v) is 3.29. The number of ether oxygens (including phenoxy) is 1. The molecule has 0 aliphatic carbocycles. The van der Waals surface area contributed by atoms with E-state index < -0.39 is 18.6 Å². The van der Waals surface area contributed by atoms with E-state index in [1.165, 1.54) is 12.3 Å². The average molecular weight is 237 g/mol. The van der Waals surface area contributed by atoms with Crippen LogP contribution in [0.3, 0.4) is 0 Å². The van der Waals surface area contributed by atoms with Crippen LogP contribution in [0.4, 0.5) is 0 Å². The third-order valence-corrected chi connectivity index (χ3v) is 2.06. The number of aromatic hydroxyl groups is 1. The van der Waals surface area contributed by atoms with Gasteiger partial charge in [0.05, 0.1) is 13.2 Å². The van der Waals surface area contributed by atoms with Crippen LogP contribution in [-0.2, 0) is 9.53 Å². The van der Waals surface area contributed by atoms with Crippen molar-refractivity contribution in [2.24, 2.45) is 4.99 Å². The fourth-order valence-electron chi connectivity index (χ4n) is 1.19. The summed E-state index contributed by atoms with van der Waals surface area (Å²) >= 11 is 0. The topological polar surface area (TPSA) is 79.1 Å². The first-order valence-corrected chi connectivity index (χ1v) is 5.27. The van der Waals surface area contributed by atoms with Crippen LogP contribution in [0.5, 0.6) is 5.75 Å². The minimum Gasteiger partial charge on any atom is -0.507 e. The molecule has 2 N–H and O–H groups in total. The molecule has 0 aromatic heterocycles. The molecule has 0 saturated heterocycles. The minimum atomic E-state index is -0.949. The first-order chi connectivity index (χ1) is 8.19. The highest BCUT2D eigenvalue weighted by atomic mass is 16.5. The van der Waals surface area contributed by atoms with Gasteiger partial charge in [0.15, 0.2) is 6.04 Å². The Bertz CT molecular complexity index is 403. The van der Waals surface area contributed by atoms with Gasteiger partial charge in [0.25, 0.3) is 0 Å². The maximum Gasteiger partial charge on any atom is 0.333 e. The number of para-hydroxylation sites is 1. The number of hydrogen-bond acceptors (Lipinski definition) is 5. The van der Waals surface area contributed by atoms with E-state index in [1.54, 1.807) is 25.1 Å². The van der Waals surface area contributed by atoms with E-state index in [2.05, 4.69) is 4.99 Å². The smallest absolute Gasteiger partial charge is 0.333 e. The number of esters is 1. The van der Waals surface area contributed by atoms with E-state index in [9.17, 15) is 9.90 Å². The largest absolute Gasteiger partial charge is 0.507 e. The number of phenols is 1. The summed E-state index contributed by atoms with van der Waals surface area (Å²) in [5.41, 5.74) is 0.482. The van der Waals surface area contributed by atoms with Crippen LogP contribution in [0.1, 0.15) is 12.5 Å². The molecule has 0 amide bonds. The molecule has 1 aromatic carbocycles. The SMILES string of the molecule is CCOC(=O)C(CO)N=Cc1ccccc1O. The van der Waals surface area contributed by atoms with Gasteiger partial charge in [-0.05, 0) is 19.1 Å².